The van der Waals surface area contributed by atoms with Crippen molar-refractivity contribution in [1.82, 2.24) is 10.6 Å². The first kappa shape index (κ1) is 11.4. The highest BCUT2D eigenvalue weighted by molar-refractivity contribution is 5.77. The Morgan fingerprint density at radius 3 is 2.38 bits per heavy atom. The lowest BCUT2D eigenvalue weighted by Gasteiger charge is -2.07. The quantitative estimate of drug-likeness (QED) is 0.394. The zero-order valence-electron chi connectivity index (χ0n) is 7.17. The fourth-order valence-corrected chi connectivity index (χ4v) is 0.541. The number of rotatable bonds is 6. The molecule has 0 fully saturated rings. The number of aliphatic carboxylic acids is 1. The minimum Gasteiger partial charge on any atom is -0.480 e. The molecule has 0 atom stereocenters. The lowest BCUT2D eigenvalue weighted by atomic mass is 10.4. The second-order valence-corrected chi connectivity index (χ2v) is 2.33. The molecule has 74 valence electrons. The number of nitrogens with one attached hydrogen (secondary N) is 2. The van der Waals surface area contributed by atoms with Crippen LogP contribution >= 0.6 is 0 Å². The van der Waals surface area contributed by atoms with E-state index >= 15 is 0 Å². The van der Waals surface area contributed by atoms with E-state index < -0.39 is 5.97 Å². The van der Waals surface area contributed by atoms with Crippen LogP contribution in [-0.2, 0) is 9.59 Å². The molecule has 0 radical (unpaired) electrons. The first-order chi connectivity index (χ1) is 6.06. The molecule has 0 aromatic rings. The van der Waals surface area contributed by atoms with E-state index in [0.29, 0.717) is 5.70 Å². The van der Waals surface area contributed by atoms with Crippen molar-refractivity contribution in [3.8, 4) is 0 Å². The second-order valence-electron chi connectivity index (χ2n) is 2.33. The Balaban J connectivity index is 3.52. The topological polar surface area (TPSA) is 104 Å². The van der Waals surface area contributed by atoms with E-state index in [1.807, 2.05) is 0 Å². The van der Waals surface area contributed by atoms with Gasteiger partial charge in [-0.25, -0.2) is 0 Å². The Morgan fingerprint density at radius 2 is 1.92 bits per heavy atom. The number of carbonyl (C=O) groups is 2. The zero-order valence-corrected chi connectivity index (χ0v) is 7.17. The van der Waals surface area contributed by atoms with Gasteiger partial charge in [0.2, 0.25) is 5.91 Å². The Bertz CT molecular complexity index is 215. The number of carbonyl (C=O) groups excluding carboxylic acids is 1. The van der Waals surface area contributed by atoms with Crippen molar-refractivity contribution in [3.63, 3.8) is 0 Å². The fourth-order valence-electron chi connectivity index (χ4n) is 0.541. The summed E-state index contributed by atoms with van der Waals surface area (Å²) in [5.74, 6) is -1.29. The largest absolute Gasteiger partial charge is 0.480 e. The van der Waals surface area contributed by atoms with Crippen molar-refractivity contribution in [2.45, 2.75) is 0 Å². The van der Waals surface area contributed by atoms with Crippen LogP contribution in [0, 0.1) is 0 Å². The Kier molecular flexibility index (Phi) is 5.29. The standard InChI is InChI=1S/C7H13N3O3/c1-5(9-4-7(12)13)3-10-6(11)2-8/h9H,1-4,8H2,(H,10,11)(H,12,13). The van der Waals surface area contributed by atoms with Crippen molar-refractivity contribution in [2.75, 3.05) is 19.6 Å². The maximum absolute atomic E-state index is 10.6. The van der Waals surface area contributed by atoms with E-state index in [-0.39, 0.29) is 25.5 Å². The third-order valence-electron chi connectivity index (χ3n) is 1.17. The van der Waals surface area contributed by atoms with Crippen LogP contribution in [0.15, 0.2) is 12.3 Å². The normalized spacial score (nSPS) is 9.00. The molecule has 0 heterocycles. The molecule has 0 aliphatic carbocycles. The van der Waals surface area contributed by atoms with Gasteiger partial charge >= 0.3 is 5.97 Å². The molecule has 6 nitrogen and oxygen atoms in total. The van der Waals surface area contributed by atoms with Crippen LogP contribution in [0.2, 0.25) is 0 Å². The summed E-state index contributed by atoms with van der Waals surface area (Å²) in [6.45, 7) is 3.38. The van der Waals surface area contributed by atoms with Gasteiger partial charge in [0.15, 0.2) is 0 Å². The van der Waals surface area contributed by atoms with E-state index in [2.05, 4.69) is 17.2 Å². The van der Waals surface area contributed by atoms with Gasteiger partial charge in [0.05, 0.1) is 13.1 Å². The first-order valence-electron chi connectivity index (χ1n) is 3.66. The van der Waals surface area contributed by atoms with Crippen molar-refractivity contribution in [3.05, 3.63) is 12.3 Å². The van der Waals surface area contributed by atoms with Gasteiger partial charge in [-0.3, -0.25) is 9.59 Å². The lowest BCUT2D eigenvalue weighted by Crippen LogP contribution is -2.35. The summed E-state index contributed by atoms with van der Waals surface area (Å²) < 4.78 is 0. The highest BCUT2D eigenvalue weighted by atomic mass is 16.4. The van der Waals surface area contributed by atoms with Gasteiger partial charge in [0.25, 0.3) is 0 Å². The molecule has 0 aromatic carbocycles. The van der Waals surface area contributed by atoms with E-state index in [1.165, 1.54) is 0 Å². The molecule has 0 bridgehead atoms. The molecular formula is C7H13N3O3. The molecule has 0 aliphatic heterocycles. The van der Waals surface area contributed by atoms with E-state index in [4.69, 9.17) is 10.8 Å². The molecule has 0 unspecified atom stereocenters. The third kappa shape index (κ3) is 6.82. The van der Waals surface area contributed by atoms with Gasteiger partial charge in [-0.15, -0.1) is 0 Å². The molecule has 6 heteroatoms. The number of hydrogen-bond acceptors (Lipinski definition) is 4. The minimum atomic E-state index is -0.980. The smallest absolute Gasteiger partial charge is 0.322 e. The van der Waals surface area contributed by atoms with Gasteiger partial charge in [-0.2, -0.15) is 0 Å². The number of hydrogen-bond donors (Lipinski definition) is 4. The Hall–Kier alpha value is -1.56. The van der Waals surface area contributed by atoms with Crippen LogP contribution < -0.4 is 16.4 Å². The highest BCUT2D eigenvalue weighted by Gasteiger charge is 1.99. The first-order valence-corrected chi connectivity index (χ1v) is 3.66. The summed E-state index contributed by atoms with van der Waals surface area (Å²) in [5, 5.41) is 13.2. The van der Waals surface area contributed by atoms with Crippen molar-refractivity contribution < 1.29 is 14.7 Å². The highest BCUT2D eigenvalue weighted by Crippen LogP contribution is 1.79. The van der Waals surface area contributed by atoms with Crippen LogP contribution in [0.3, 0.4) is 0 Å². The summed E-state index contributed by atoms with van der Waals surface area (Å²) in [5.41, 5.74) is 5.46. The summed E-state index contributed by atoms with van der Waals surface area (Å²) in [6, 6.07) is 0. The average molecular weight is 187 g/mol. The number of carboxylic acids is 1. The summed E-state index contributed by atoms with van der Waals surface area (Å²) in [4.78, 5) is 20.7. The maximum Gasteiger partial charge on any atom is 0.322 e. The fraction of sp³-hybridized carbons (Fsp3) is 0.429. The number of carboxylic acid groups (broad SMARTS) is 1. The van der Waals surface area contributed by atoms with Crippen LogP contribution in [0.25, 0.3) is 0 Å². The molecule has 0 spiro atoms. The Morgan fingerprint density at radius 1 is 1.31 bits per heavy atom. The molecular weight excluding hydrogens is 174 g/mol. The molecule has 1 amide bonds. The predicted molar refractivity (Wildman–Crippen MR) is 46.8 cm³/mol. The lowest BCUT2D eigenvalue weighted by molar-refractivity contribution is -0.135. The third-order valence-corrected chi connectivity index (χ3v) is 1.17. The van der Waals surface area contributed by atoms with Gasteiger partial charge < -0.3 is 21.5 Å². The molecule has 0 saturated heterocycles. The minimum absolute atomic E-state index is 0.0911. The van der Waals surface area contributed by atoms with Crippen molar-refractivity contribution in [1.29, 1.82) is 0 Å². The van der Waals surface area contributed by atoms with Crippen LogP contribution in [-0.4, -0.2) is 36.6 Å². The molecule has 0 rings (SSSR count). The van der Waals surface area contributed by atoms with Gasteiger partial charge in [0, 0.05) is 5.70 Å². The molecule has 0 aromatic heterocycles. The molecule has 0 saturated carbocycles. The Labute approximate surface area is 75.8 Å². The molecule has 5 N–H and O–H groups in total. The van der Waals surface area contributed by atoms with Crippen molar-refractivity contribution in [2.24, 2.45) is 5.73 Å². The predicted octanol–water partition coefficient (Wildman–Crippen LogP) is -1.75. The van der Waals surface area contributed by atoms with Gasteiger partial charge in [-0.1, -0.05) is 6.58 Å². The van der Waals surface area contributed by atoms with E-state index in [1.54, 1.807) is 0 Å². The maximum atomic E-state index is 10.6. The average Bonchev–Trinajstić information content (AvgIpc) is 2.10. The van der Waals surface area contributed by atoms with E-state index in [9.17, 15) is 9.59 Å². The molecule has 0 aliphatic rings. The second kappa shape index (κ2) is 6.01. The summed E-state index contributed by atoms with van der Waals surface area (Å²) in [7, 11) is 0. The van der Waals surface area contributed by atoms with Crippen molar-refractivity contribution >= 4 is 11.9 Å². The van der Waals surface area contributed by atoms with Gasteiger partial charge in [-0.05, 0) is 0 Å². The summed E-state index contributed by atoms with van der Waals surface area (Å²) in [6.07, 6.45) is 0. The van der Waals surface area contributed by atoms with Crippen LogP contribution in [0.4, 0.5) is 0 Å². The molecule has 13 heavy (non-hydrogen) atoms. The van der Waals surface area contributed by atoms with Crippen LogP contribution in [0.5, 0.6) is 0 Å². The number of nitrogens with two attached hydrogens (primary N) is 1. The SMILES string of the molecule is C=C(CNC(=O)CN)NCC(=O)O. The van der Waals surface area contributed by atoms with E-state index in [0.717, 1.165) is 0 Å². The zero-order chi connectivity index (χ0) is 10.3. The summed E-state index contributed by atoms with van der Waals surface area (Å²) >= 11 is 0. The van der Waals surface area contributed by atoms with Gasteiger partial charge in [0.1, 0.15) is 6.54 Å². The van der Waals surface area contributed by atoms with Crippen LogP contribution in [0.1, 0.15) is 0 Å². The number of amides is 1. The monoisotopic (exact) mass is 187 g/mol.